The molecule has 0 rings (SSSR count). The first-order chi connectivity index (χ1) is 29.4. The van der Waals surface area contributed by atoms with Gasteiger partial charge in [-0.1, -0.05) is 265 Å². The molecule has 1 unspecified atom stereocenters. The van der Waals surface area contributed by atoms with E-state index in [2.05, 4.69) is 27.7 Å². The van der Waals surface area contributed by atoms with E-state index in [0.29, 0.717) is 19.3 Å². The lowest BCUT2D eigenvalue weighted by molar-refractivity contribution is -0.167. The molecular formula is C54H104O6. The third-order valence-electron chi connectivity index (χ3n) is 12.7. The molecule has 0 radical (unpaired) electrons. The van der Waals surface area contributed by atoms with Gasteiger partial charge in [0.05, 0.1) is 0 Å². The fraction of sp³-hybridized carbons (Fsp3) is 0.944. The first kappa shape index (κ1) is 58.4. The van der Waals surface area contributed by atoms with E-state index in [-0.39, 0.29) is 31.1 Å². The molecule has 0 aliphatic rings. The van der Waals surface area contributed by atoms with Crippen LogP contribution in [0.4, 0.5) is 0 Å². The minimum atomic E-state index is -0.760. The lowest BCUT2D eigenvalue weighted by Crippen LogP contribution is -2.30. The van der Waals surface area contributed by atoms with Gasteiger partial charge in [0.2, 0.25) is 0 Å². The van der Waals surface area contributed by atoms with E-state index in [1.54, 1.807) is 0 Å². The van der Waals surface area contributed by atoms with Crippen molar-refractivity contribution >= 4 is 17.9 Å². The van der Waals surface area contributed by atoms with Crippen LogP contribution in [-0.2, 0) is 28.6 Å². The summed E-state index contributed by atoms with van der Waals surface area (Å²) in [6, 6.07) is 0. The summed E-state index contributed by atoms with van der Waals surface area (Å²) in [7, 11) is 0. The van der Waals surface area contributed by atoms with Crippen LogP contribution in [0, 0.1) is 5.92 Å². The highest BCUT2D eigenvalue weighted by Gasteiger charge is 2.19. The van der Waals surface area contributed by atoms with E-state index in [1.807, 2.05) is 0 Å². The Morgan fingerprint density at radius 2 is 0.583 bits per heavy atom. The first-order valence-corrected chi connectivity index (χ1v) is 26.9. The molecule has 6 heteroatoms. The molecule has 0 spiro atoms. The van der Waals surface area contributed by atoms with Gasteiger partial charge in [0.1, 0.15) is 13.2 Å². The van der Waals surface area contributed by atoms with Crippen molar-refractivity contribution in [1.82, 2.24) is 0 Å². The van der Waals surface area contributed by atoms with Crippen molar-refractivity contribution in [3.05, 3.63) is 0 Å². The Kier molecular flexibility index (Phi) is 47.2. The van der Waals surface area contributed by atoms with Gasteiger partial charge in [-0.15, -0.1) is 0 Å². The Labute approximate surface area is 374 Å². The number of rotatable bonds is 49. The van der Waals surface area contributed by atoms with Crippen molar-refractivity contribution in [3.8, 4) is 0 Å². The van der Waals surface area contributed by atoms with Crippen LogP contribution in [0.25, 0.3) is 0 Å². The Balaban J connectivity index is 4.26. The summed E-state index contributed by atoms with van der Waals surface area (Å²) < 4.78 is 16.8. The van der Waals surface area contributed by atoms with Gasteiger partial charge in [0, 0.05) is 19.3 Å². The minimum Gasteiger partial charge on any atom is -0.462 e. The topological polar surface area (TPSA) is 78.9 Å². The fourth-order valence-corrected chi connectivity index (χ4v) is 8.19. The van der Waals surface area contributed by atoms with Gasteiger partial charge in [0.15, 0.2) is 6.10 Å². The number of carbonyl (C=O) groups is 3. The number of esters is 3. The molecule has 0 aromatic heterocycles. The maximum absolute atomic E-state index is 12.8. The number of unbranched alkanes of at least 4 members (excludes halogenated alkanes) is 35. The molecule has 0 N–H and O–H groups in total. The molecule has 0 bridgehead atoms. The predicted octanol–water partition coefficient (Wildman–Crippen LogP) is 17.5. The van der Waals surface area contributed by atoms with E-state index in [4.69, 9.17) is 14.2 Å². The Bertz CT molecular complexity index is 905. The highest BCUT2D eigenvalue weighted by atomic mass is 16.6. The quantitative estimate of drug-likeness (QED) is 0.0345. The largest absolute Gasteiger partial charge is 0.462 e. The molecule has 0 amide bonds. The molecule has 0 aliphatic carbocycles. The van der Waals surface area contributed by atoms with Crippen molar-refractivity contribution in [2.75, 3.05) is 13.2 Å². The molecule has 0 heterocycles. The van der Waals surface area contributed by atoms with Gasteiger partial charge in [-0.2, -0.15) is 0 Å². The molecule has 0 saturated carbocycles. The maximum Gasteiger partial charge on any atom is 0.306 e. The Morgan fingerprint density at radius 1 is 0.333 bits per heavy atom. The highest BCUT2D eigenvalue weighted by molar-refractivity contribution is 5.71. The van der Waals surface area contributed by atoms with Gasteiger partial charge in [-0.25, -0.2) is 0 Å². The Morgan fingerprint density at radius 3 is 0.867 bits per heavy atom. The summed E-state index contributed by atoms with van der Waals surface area (Å²) in [5.41, 5.74) is 0. The molecule has 6 nitrogen and oxygen atoms in total. The molecule has 2 atom stereocenters. The van der Waals surface area contributed by atoms with Crippen LogP contribution in [0.1, 0.15) is 304 Å². The Hall–Kier alpha value is -1.59. The third-order valence-corrected chi connectivity index (χ3v) is 12.7. The van der Waals surface area contributed by atoms with Crippen LogP contribution in [-0.4, -0.2) is 37.2 Å². The summed E-state index contributed by atoms with van der Waals surface area (Å²) in [6.07, 6.45) is 50.8. The van der Waals surface area contributed by atoms with Crippen molar-refractivity contribution in [2.24, 2.45) is 5.92 Å². The third kappa shape index (κ3) is 45.9. The predicted molar refractivity (Wildman–Crippen MR) is 257 cm³/mol. The zero-order chi connectivity index (χ0) is 43.8. The average Bonchev–Trinajstić information content (AvgIpc) is 3.25. The van der Waals surface area contributed by atoms with Gasteiger partial charge >= 0.3 is 17.9 Å². The van der Waals surface area contributed by atoms with Gasteiger partial charge < -0.3 is 14.2 Å². The van der Waals surface area contributed by atoms with Crippen molar-refractivity contribution in [2.45, 2.75) is 310 Å². The van der Waals surface area contributed by atoms with Crippen LogP contribution in [0.15, 0.2) is 0 Å². The monoisotopic (exact) mass is 849 g/mol. The zero-order valence-corrected chi connectivity index (χ0v) is 40.9. The molecular weight excluding hydrogens is 745 g/mol. The number of hydrogen-bond donors (Lipinski definition) is 0. The second-order valence-corrected chi connectivity index (χ2v) is 18.8. The van der Waals surface area contributed by atoms with Gasteiger partial charge in [-0.05, 0) is 25.2 Å². The smallest absolute Gasteiger partial charge is 0.306 e. The molecule has 0 fully saturated rings. The lowest BCUT2D eigenvalue weighted by atomic mass is 9.99. The second-order valence-electron chi connectivity index (χ2n) is 18.8. The van der Waals surface area contributed by atoms with Crippen LogP contribution in [0.2, 0.25) is 0 Å². The minimum absolute atomic E-state index is 0.0624. The van der Waals surface area contributed by atoms with Gasteiger partial charge in [-0.3, -0.25) is 14.4 Å². The first-order valence-electron chi connectivity index (χ1n) is 26.9. The molecule has 356 valence electrons. The van der Waals surface area contributed by atoms with Crippen molar-refractivity contribution < 1.29 is 28.6 Å². The number of carbonyl (C=O) groups excluding carboxylic acids is 3. The molecule has 0 aromatic rings. The lowest BCUT2D eigenvalue weighted by Gasteiger charge is -2.18. The normalized spacial score (nSPS) is 12.4. The van der Waals surface area contributed by atoms with Crippen LogP contribution in [0.5, 0.6) is 0 Å². The molecule has 0 aromatic carbocycles. The van der Waals surface area contributed by atoms with E-state index >= 15 is 0 Å². The standard InChI is InChI=1S/C54H104O6/c1-5-8-10-12-14-16-18-19-23-27-31-35-39-43-47-54(57)60-51(48-58-52(55)45-41-37-33-29-17-15-13-11-9-6-2)49-59-53(56)46-42-38-34-30-26-24-21-20-22-25-28-32-36-40-44-50(4)7-3/h50-51H,5-49H2,1-4H3/t50?,51-/m1/s1. The SMILES string of the molecule is CCCCCCCCCCCCCCCCC(=O)O[C@H](COC(=O)CCCCCCCCCCCC)COC(=O)CCCCCCCCCCCCCCCCC(C)CC. The molecule has 60 heavy (non-hydrogen) atoms. The summed E-state index contributed by atoms with van der Waals surface area (Å²) >= 11 is 0. The fourth-order valence-electron chi connectivity index (χ4n) is 8.19. The average molecular weight is 849 g/mol. The van der Waals surface area contributed by atoms with Crippen LogP contribution in [0.3, 0.4) is 0 Å². The summed E-state index contributed by atoms with van der Waals surface area (Å²) in [6.45, 7) is 9.07. The van der Waals surface area contributed by atoms with Gasteiger partial charge in [0.25, 0.3) is 0 Å². The molecule has 0 saturated heterocycles. The summed E-state index contributed by atoms with van der Waals surface area (Å²) in [4.78, 5) is 37.9. The van der Waals surface area contributed by atoms with Crippen LogP contribution < -0.4 is 0 Å². The van der Waals surface area contributed by atoms with E-state index in [9.17, 15) is 14.4 Å². The van der Waals surface area contributed by atoms with Crippen LogP contribution >= 0.6 is 0 Å². The van der Waals surface area contributed by atoms with E-state index in [0.717, 1.165) is 63.7 Å². The van der Waals surface area contributed by atoms with Crippen molar-refractivity contribution in [1.29, 1.82) is 0 Å². The van der Waals surface area contributed by atoms with Crippen molar-refractivity contribution in [3.63, 3.8) is 0 Å². The molecule has 0 aliphatic heterocycles. The number of hydrogen-bond acceptors (Lipinski definition) is 6. The maximum atomic E-state index is 12.8. The van der Waals surface area contributed by atoms with E-state index < -0.39 is 6.10 Å². The highest BCUT2D eigenvalue weighted by Crippen LogP contribution is 2.18. The number of ether oxygens (including phenoxy) is 3. The zero-order valence-electron chi connectivity index (χ0n) is 40.9. The van der Waals surface area contributed by atoms with E-state index in [1.165, 1.54) is 199 Å². The summed E-state index contributed by atoms with van der Waals surface area (Å²) in [5.74, 6) is 0.0533. The summed E-state index contributed by atoms with van der Waals surface area (Å²) in [5, 5.41) is 0. The second kappa shape index (κ2) is 48.4.